The lowest BCUT2D eigenvalue weighted by molar-refractivity contribution is -0.0504. The van der Waals surface area contributed by atoms with E-state index in [1.54, 1.807) is 0 Å². The summed E-state index contributed by atoms with van der Waals surface area (Å²) in [5, 5.41) is 0. The van der Waals surface area contributed by atoms with Crippen molar-refractivity contribution in [3.8, 4) is 0 Å². The van der Waals surface area contributed by atoms with Crippen LogP contribution in [0.1, 0.15) is 65.2 Å². The molecule has 0 aromatic rings. The zero-order chi connectivity index (χ0) is 12.6. The van der Waals surface area contributed by atoms with Crippen LogP contribution >= 0.6 is 0 Å². The van der Waals surface area contributed by atoms with Crippen LogP contribution in [0.2, 0.25) is 0 Å². The summed E-state index contributed by atoms with van der Waals surface area (Å²) in [4.78, 5) is 0. The Balaban J connectivity index is 1.46. The summed E-state index contributed by atoms with van der Waals surface area (Å²) in [7, 11) is 0. The van der Waals surface area contributed by atoms with Gasteiger partial charge in [0.2, 0.25) is 0 Å². The third-order valence-electron chi connectivity index (χ3n) is 5.55. The van der Waals surface area contributed by atoms with Crippen LogP contribution in [0.25, 0.3) is 0 Å². The van der Waals surface area contributed by atoms with Crippen molar-refractivity contribution in [3.05, 3.63) is 0 Å². The maximum absolute atomic E-state index is 5.99. The Morgan fingerprint density at radius 2 is 1.89 bits per heavy atom. The average Bonchev–Trinajstić information content (AvgIpc) is 2.99. The lowest BCUT2D eigenvalue weighted by atomic mass is 9.75. The fourth-order valence-electron chi connectivity index (χ4n) is 3.79. The molecule has 2 saturated heterocycles. The van der Waals surface area contributed by atoms with Crippen LogP contribution in [0.3, 0.4) is 0 Å². The van der Waals surface area contributed by atoms with Crippen molar-refractivity contribution in [2.75, 3.05) is 13.2 Å². The number of hydrogen-bond acceptors (Lipinski definition) is 2. The van der Waals surface area contributed by atoms with Crippen LogP contribution in [0.5, 0.6) is 0 Å². The molecule has 0 N–H and O–H groups in total. The van der Waals surface area contributed by atoms with Crippen molar-refractivity contribution in [2.45, 2.75) is 77.4 Å². The first-order valence-corrected chi connectivity index (χ1v) is 7.86. The van der Waals surface area contributed by atoms with E-state index in [-0.39, 0.29) is 0 Å². The van der Waals surface area contributed by atoms with E-state index >= 15 is 0 Å². The Hall–Kier alpha value is -0.0800. The summed E-state index contributed by atoms with van der Waals surface area (Å²) in [6.07, 6.45) is 11.5. The summed E-state index contributed by atoms with van der Waals surface area (Å²) in [5.41, 5.74) is 1.15. The highest BCUT2D eigenvalue weighted by molar-refractivity contribution is 4.99. The molecule has 3 rings (SSSR count). The maximum Gasteiger partial charge on any atom is 0.0581 e. The van der Waals surface area contributed by atoms with Gasteiger partial charge in [0, 0.05) is 6.61 Å². The summed E-state index contributed by atoms with van der Waals surface area (Å²) in [6.45, 7) is 6.72. The highest BCUT2D eigenvalue weighted by atomic mass is 16.5. The molecule has 2 heterocycles. The quantitative estimate of drug-likeness (QED) is 0.754. The van der Waals surface area contributed by atoms with Gasteiger partial charge in [-0.25, -0.2) is 0 Å². The van der Waals surface area contributed by atoms with Gasteiger partial charge in [0.15, 0.2) is 0 Å². The summed E-state index contributed by atoms with van der Waals surface area (Å²) in [6, 6.07) is 0. The van der Waals surface area contributed by atoms with Crippen molar-refractivity contribution < 1.29 is 9.47 Å². The molecule has 0 aromatic heterocycles. The predicted octanol–water partition coefficient (Wildman–Crippen LogP) is 3.93. The molecule has 0 radical (unpaired) electrons. The second kappa shape index (κ2) is 4.79. The molecule has 1 saturated carbocycles. The molecule has 3 atom stereocenters. The van der Waals surface area contributed by atoms with E-state index in [0.717, 1.165) is 13.2 Å². The summed E-state index contributed by atoms with van der Waals surface area (Å²) >= 11 is 0. The monoisotopic (exact) mass is 252 g/mol. The van der Waals surface area contributed by atoms with Crippen LogP contribution in [0.4, 0.5) is 0 Å². The van der Waals surface area contributed by atoms with Crippen LogP contribution in [-0.2, 0) is 9.47 Å². The van der Waals surface area contributed by atoms with Gasteiger partial charge in [-0.05, 0) is 62.2 Å². The largest absolute Gasteiger partial charge is 0.378 e. The van der Waals surface area contributed by atoms with E-state index in [2.05, 4.69) is 13.8 Å². The summed E-state index contributed by atoms with van der Waals surface area (Å²) in [5.74, 6) is 0. The minimum Gasteiger partial charge on any atom is -0.378 e. The molecule has 1 spiro atoms. The molecule has 2 nitrogen and oxygen atoms in total. The molecule has 1 aliphatic carbocycles. The van der Waals surface area contributed by atoms with Crippen molar-refractivity contribution in [2.24, 2.45) is 10.8 Å². The lowest BCUT2D eigenvalue weighted by Gasteiger charge is -2.38. The van der Waals surface area contributed by atoms with E-state index < -0.39 is 0 Å². The SMILES string of the molecule is CC[C@H]1CC(C)(CC[C@@H]2CC3(CC3)CO2)CCO1. The molecule has 104 valence electrons. The van der Waals surface area contributed by atoms with Gasteiger partial charge in [0.25, 0.3) is 0 Å². The number of ether oxygens (including phenoxy) is 2. The Bertz CT molecular complexity index is 297. The van der Waals surface area contributed by atoms with Crippen molar-refractivity contribution in [3.63, 3.8) is 0 Å². The van der Waals surface area contributed by atoms with E-state index in [4.69, 9.17) is 9.47 Å². The minimum atomic E-state index is 0.502. The molecule has 0 aromatic carbocycles. The third-order valence-corrected chi connectivity index (χ3v) is 5.55. The van der Waals surface area contributed by atoms with Gasteiger partial charge in [-0.15, -0.1) is 0 Å². The van der Waals surface area contributed by atoms with Crippen LogP contribution in [-0.4, -0.2) is 25.4 Å². The Morgan fingerprint density at radius 1 is 1.06 bits per heavy atom. The standard InChI is InChI=1S/C16H28O2/c1-3-13-10-15(2,8-9-17-13)5-4-14-11-16(6-7-16)12-18-14/h13-14H,3-12H2,1-2H3/t13-,14+,15?/m0/s1. The van der Waals surface area contributed by atoms with Crippen LogP contribution in [0, 0.1) is 10.8 Å². The van der Waals surface area contributed by atoms with Crippen LogP contribution in [0.15, 0.2) is 0 Å². The molecular weight excluding hydrogens is 224 g/mol. The fraction of sp³-hybridized carbons (Fsp3) is 1.00. The highest BCUT2D eigenvalue weighted by Gasteiger charge is 2.49. The van der Waals surface area contributed by atoms with Crippen molar-refractivity contribution in [1.29, 1.82) is 0 Å². The minimum absolute atomic E-state index is 0.502. The van der Waals surface area contributed by atoms with Gasteiger partial charge in [-0.3, -0.25) is 0 Å². The Morgan fingerprint density at radius 3 is 2.56 bits per heavy atom. The highest BCUT2D eigenvalue weighted by Crippen LogP contribution is 2.54. The molecule has 3 fully saturated rings. The van der Waals surface area contributed by atoms with Gasteiger partial charge in [-0.2, -0.15) is 0 Å². The zero-order valence-electron chi connectivity index (χ0n) is 12.0. The van der Waals surface area contributed by atoms with E-state index in [1.807, 2.05) is 0 Å². The van der Waals surface area contributed by atoms with E-state index in [1.165, 1.54) is 51.4 Å². The Labute approximate surface area is 111 Å². The molecule has 18 heavy (non-hydrogen) atoms. The number of rotatable bonds is 4. The first-order chi connectivity index (χ1) is 8.63. The molecular formula is C16H28O2. The second-order valence-corrected chi connectivity index (χ2v) is 7.34. The van der Waals surface area contributed by atoms with Gasteiger partial charge in [0.05, 0.1) is 18.8 Å². The predicted molar refractivity (Wildman–Crippen MR) is 72.6 cm³/mol. The van der Waals surface area contributed by atoms with Gasteiger partial charge < -0.3 is 9.47 Å². The topological polar surface area (TPSA) is 18.5 Å². The average molecular weight is 252 g/mol. The molecule has 2 heteroatoms. The molecule has 3 aliphatic rings. The smallest absolute Gasteiger partial charge is 0.0581 e. The molecule has 1 unspecified atom stereocenters. The van der Waals surface area contributed by atoms with Gasteiger partial charge in [-0.1, -0.05) is 13.8 Å². The maximum atomic E-state index is 5.99. The molecule has 2 aliphatic heterocycles. The third kappa shape index (κ3) is 2.75. The molecule has 0 bridgehead atoms. The Kier molecular flexibility index (Phi) is 3.44. The van der Waals surface area contributed by atoms with E-state index in [9.17, 15) is 0 Å². The first kappa shape index (κ1) is 12.9. The van der Waals surface area contributed by atoms with Crippen LogP contribution < -0.4 is 0 Å². The lowest BCUT2D eigenvalue weighted by Crippen LogP contribution is -2.33. The first-order valence-electron chi connectivity index (χ1n) is 7.86. The normalized spacial score (nSPS) is 42.3. The fourth-order valence-corrected chi connectivity index (χ4v) is 3.79. The van der Waals surface area contributed by atoms with Gasteiger partial charge >= 0.3 is 0 Å². The number of hydrogen-bond donors (Lipinski definition) is 0. The van der Waals surface area contributed by atoms with E-state index in [0.29, 0.717) is 23.0 Å². The zero-order valence-corrected chi connectivity index (χ0v) is 12.0. The second-order valence-electron chi connectivity index (χ2n) is 7.34. The molecule has 0 amide bonds. The van der Waals surface area contributed by atoms with Crippen molar-refractivity contribution in [1.82, 2.24) is 0 Å². The summed E-state index contributed by atoms with van der Waals surface area (Å²) < 4.78 is 11.8. The van der Waals surface area contributed by atoms with Crippen molar-refractivity contribution >= 4 is 0 Å². The van der Waals surface area contributed by atoms with Gasteiger partial charge in [0.1, 0.15) is 0 Å².